The molecule has 0 radical (unpaired) electrons. The van der Waals surface area contributed by atoms with Gasteiger partial charge in [0.15, 0.2) is 0 Å². The van der Waals surface area contributed by atoms with E-state index in [1.165, 1.54) is 23.9 Å². The van der Waals surface area contributed by atoms with Gasteiger partial charge < -0.3 is 0 Å². The summed E-state index contributed by atoms with van der Waals surface area (Å²) in [7, 11) is 0. The Morgan fingerprint density at radius 3 is 2.44 bits per heavy atom. The number of hydrogen-bond acceptors (Lipinski definition) is 5. The van der Waals surface area contributed by atoms with E-state index in [9.17, 15) is 14.9 Å². The van der Waals surface area contributed by atoms with E-state index in [2.05, 4.69) is 5.43 Å². The molecular formula is C11H15N3O3S. The number of nitro groups is 1. The Kier molecular flexibility index (Phi) is 4.69. The second-order valence-electron chi connectivity index (χ2n) is 4.40. The highest BCUT2D eigenvalue weighted by Gasteiger charge is 2.26. The van der Waals surface area contributed by atoms with E-state index < -0.39 is 10.3 Å². The molecule has 3 N–H and O–H groups in total. The number of nitrogens with one attached hydrogen (secondary N) is 1. The van der Waals surface area contributed by atoms with Crippen LogP contribution in [0.15, 0.2) is 29.2 Å². The maximum atomic E-state index is 11.5. The molecule has 0 unspecified atom stereocenters. The van der Waals surface area contributed by atoms with Crippen molar-refractivity contribution in [3.63, 3.8) is 0 Å². The van der Waals surface area contributed by atoms with E-state index in [-0.39, 0.29) is 11.6 Å². The highest BCUT2D eigenvalue weighted by molar-refractivity contribution is 7.99. The molecule has 18 heavy (non-hydrogen) atoms. The fourth-order valence-electron chi connectivity index (χ4n) is 1.19. The summed E-state index contributed by atoms with van der Waals surface area (Å²) in [6, 6.07) is 6.22. The minimum atomic E-state index is -0.596. The molecule has 0 saturated heterocycles. The lowest BCUT2D eigenvalue weighted by atomic mass is 9.96. The Bertz CT molecular complexity index is 445. The van der Waals surface area contributed by atoms with Crippen molar-refractivity contribution in [2.45, 2.75) is 18.7 Å². The second kappa shape index (κ2) is 5.83. The Morgan fingerprint density at radius 1 is 1.44 bits per heavy atom. The summed E-state index contributed by atoms with van der Waals surface area (Å²) >= 11 is 1.45. The Hall–Kier alpha value is -1.60. The summed E-state index contributed by atoms with van der Waals surface area (Å²) in [5.74, 6) is 5.39. The Morgan fingerprint density at radius 2 is 2.00 bits per heavy atom. The molecule has 0 aliphatic carbocycles. The lowest BCUT2D eigenvalue weighted by Crippen LogP contribution is -2.42. The minimum Gasteiger partial charge on any atom is -0.294 e. The van der Waals surface area contributed by atoms with Gasteiger partial charge in [0.05, 0.1) is 10.3 Å². The number of nitro benzene ring substituents is 1. The maximum absolute atomic E-state index is 11.5. The van der Waals surface area contributed by atoms with Crippen LogP contribution in [0, 0.1) is 15.5 Å². The number of carbonyl (C=O) groups excluding carboxylic acids is 1. The average Bonchev–Trinajstić information content (AvgIpc) is 2.35. The van der Waals surface area contributed by atoms with Gasteiger partial charge in [-0.1, -0.05) is 13.8 Å². The van der Waals surface area contributed by atoms with Crippen molar-refractivity contribution < 1.29 is 9.72 Å². The number of carbonyl (C=O) groups is 1. The number of nitrogens with two attached hydrogens (primary N) is 1. The lowest BCUT2D eigenvalue weighted by molar-refractivity contribution is -0.384. The predicted octanol–water partition coefficient (Wildman–Crippen LogP) is 1.70. The van der Waals surface area contributed by atoms with Crippen LogP contribution < -0.4 is 11.3 Å². The van der Waals surface area contributed by atoms with Crippen LogP contribution >= 0.6 is 11.8 Å². The number of hydrogen-bond donors (Lipinski definition) is 2. The predicted molar refractivity (Wildman–Crippen MR) is 69.9 cm³/mol. The van der Waals surface area contributed by atoms with Gasteiger partial charge in [-0.3, -0.25) is 20.3 Å². The Labute approximate surface area is 109 Å². The van der Waals surface area contributed by atoms with Crippen LogP contribution in [0.5, 0.6) is 0 Å². The van der Waals surface area contributed by atoms with Gasteiger partial charge in [-0.25, -0.2) is 5.84 Å². The summed E-state index contributed by atoms with van der Waals surface area (Å²) in [5, 5.41) is 10.5. The molecule has 0 aromatic heterocycles. The Balaban J connectivity index is 2.64. The maximum Gasteiger partial charge on any atom is 0.269 e. The number of rotatable bonds is 5. The van der Waals surface area contributed by atoms with Crippen LogP contribution in [-0.4, -0.2) is 16.6 Å². The van der Waals surface area contributed by atoms with Crippen LogP contribution in [-0.2, 0) is 4.79 Å². The number of benzene rings is 1. The molecule has 0 heterocycles. The minimum absolute atomic E-state index is 0.0540. The molecule has 0 fully saturated rings. The molecule has 0 aliphatic heterocycles. The third kappa shape index (κ3) is 3.71. The third-order valence-corrected chi connectivity index (χ3v) is 3.86. The van der Waals surface area contributed by atoms with Gasteiger partial charge in [-0.05, 0) is 12.1 Å². The van der Waals surface area contributed by atoms with E-state index in [1.54, 1.807) is 26.0 Å². The fraction of sp³-hybridized carbons (Fsp3) is 0.364. The summed E-state index contributed by atoms with van der Waals surface area (Å²) < 4.78 is 0. The quantitative estimate of drug-likeness (QED) is 0.279. The average molecular weight is 269 g/mol. The van der Waals surface area contributed by atoms with Gasteiger partial charge in [0, 0.05) is 22.8 Å². The highest BCUT2D eigenvalue weighted by atomic mass is 32.2. The van der Waals surface area contributed by atoms with E-state index in [0.717, 1.165) is 4.90 Å². The molecule has 6 nitrogen and oxygen atoms in total. The molecule has 1 amide bonds. The number of thioether (sulfide) groups is 1. The van der Waals surface area contributed by atoms with Gasteiger partial charge in [0.1, 0.15) is 0 Å². The molecule has 0 atom stereocenters. The summed E-state index contributed by atoms with van der Waals surface area (Å²) in [6.07, 6.45) is 0. The smallest absolute Gasteiger partial charge is 0.269 e. The van der Waals surface area contributed by atoms with Gasteiger partial charge in [0.25, 0.3) is 5.69 Å². The van der Waals surface area contributed by atoms with Crippen LogP contribution in [0.1, 0.15) is 13.8 Å². The first-order valence-corrected chi connectivity index (χ1v) is 6.23. The highest BCUT2D eigenvalue weighted by Crippen LogP contribution is 2.28. The number of hydrazine groups is 1. The van der Waals surface area contributed by atoms with Crippen molar-refractivity contribution in [1.82, 2.24) is 5.43 Å². The topological polar surface area (TPSA) is 98.3 Å². The molecule has 7 heteroatoms. The molecule has 1 rings (SSSR count). The second-order valence-corrected chi connectivity index (χ2v) is 5.45. The molecule has 0 aliphatic rings. The zero-order valence-corrected chi connectivity index (χ0v) is 11.0. The van der Waals surface area contributed by atoms with Crippen molar-refractivity contribution in [3.8, 4) is 0 Å². The van der Waals surface area contributed by atoms with Crippen molar-refractivity contribution in [2.24, 2.45) is 11.3 Å². The summed E-state index contributed by atoms with van der Waals surface area (Å²) in [5.41, 5.74) is 1.58. The molecule has 0 bridgehead atoms. The molecule has 1 aromatic rings. The first-order valence-electron chi connectivity index (χ1n) is 5.25. The van der Waals surface area contributed by atoms with Gasteiger partial charge in [-0.2, -0.15) is 0 Å². The number of non-ortho nitro benzene ring substituents is 1. The van der Waals surface area contributed by atoms with E-state index in [1.807, 2.05) is 0 Å². The van der Waals surface area contributed by atoms with Crippen molar-refractivity contribution >= 4 is 23.4 Å². The normalized spacial score (nSPS) is 11.1. The van der Waals surface area contributed by atoms with Crippen LogP contribution in [0.4, 0.5) is 5.69 Å². The van der Waals surface area contributed by atoms with Crippen LogP contribution in [0.25, 0.3) is 0 Å². The molecule has 98 valence electrons. The number of nitrogens with zero attached hydrogens (tertiary/aromatic N) is 1. The summed E-state index contributed by atoms with van der Waals surface area (Å²) in [4.78, 5) is 22.4. The van der Waals surface area contributed by atoms with E-state index in [4.69, 9.17) is 5.84 Å². The van der Waals surface area contributed by atoms with Crippen molar-refractivity contribution in [1.29, 1.82) is 0 Å². The first kappa shape index (κ1) is 14.5. The standard InChI is InChI=1S/C11H15N3O3S/c1-11(2,10(15)13-12)7-18-9-5-3-8(4-6-9)14(16)17/h3-6H,7,12H2,1-2H3,(H,13,15). The van der Waals surface area contributed by atoms with E-state index in [0.29, 0.717) is 5.75 Å². The SMILES string of the molecule is CC(C)(CSc1ccc([N+](=O)[O-])cc1)C(=O)NN. The molecular weight excluding hydrogens is 254 g/mol. The van der Waals surface area contributed by atoms with E-state index >= 15 is 0 Å². The van der Waals surface area contributed by atoms with Crippen molar-refractivity contribution in [2.75, 3.05) is 5.75 Å². The van der Waals surface area contributed by atoms with Gasteiger partial charge >= 0.3 is 0 Å². The van der Waals surface area contributed by atoms with Gasteiger partial charge in [0.2, 0.25) is 5.91 Å². The van der Waals surface area contributed by atoms with Crippen molar-refractivity contribution in [3.05, 3.63) is 34.4 Å². The van der Waals surface area contributed by atoms with Gasteiger partial charge in [-0.15, -0.1) is 11.8 Å². The monoisotopic (exact) mass is 269 g/mol. The zero-order valence-electron chi connectivity index (χ0n) is 10.2. The largest absolute Gasteiger partial charge is 0.294 e. The zero-order chi connectivity index (χ0) is 13.8. The molecule has 1 aromatic carbocycles. The lowest BCUT2D eigenvalue weighted by Gasteiger charge is -2.21. The van der Waals surface area contributed by atoms with Crippen LogP contribution in [0.2, 0.25) is 0 Å². The fourth-order valence-corrected chi connectivity index (χ4v) is 2.18. The van der Waals surface area contributed by atoms with Crippen LogP contribution in [0.3, 0.4) is 0 Å². The number of amides is 1. The molecule has 0 spiro atoms. The summed E-state index contributed by atoms with van der Waals surface area (Å²) in [6.45, 7) is 3.57. The first-order chi connectivity index (χ1) is 8.36. The molecule has 0 saturated carbocycles. The third-order valence-electron chi connectivity index (χ3n) is 2.39.